The highest BCUT2D eigenvalue weighted by Gasteiger charge is 2.33. The second-order valence-corrected chi connectivity index (χ2v) is 7.36. The van der Waals surface area contributed by atoms with Gasteiger partial charge in [-0.3, -0.25) is 4.90 Å². The number of carbonyl (C=O) groups is 1. The van der Waals surface area contributed by atoms with E-state index in [2.05, 4.69) is 55.6 Å². The number of nitrogens with zero attached hydrogens (tertiary/aromatic N) is 1. The molecule has 1 aliphatic heterocycles. The standard InChI is InChI=1S/C24H25NO2/c1-18-9-8-14-21(23(18)20-12-6-3-7-13-20)16-25-22(17-27-24(25)26)15-19-10-4-2-5-11-19/h2-7,9-13,16,22-23H,8,14-15,17H2,1H3/b21-16-/t22-,23+/m1/s1. The Morgan fingerprint density at radius 3 is 2.52 bits per heavy atom. The first-order valence-corrected chi connectivity index (χ1v) is 9.63. The van der Waals surface area contributed by atoms with Gasteiger partial charge in [-0.25, -0.2) is 4.79 Å². The van der Waals surface area contributed by atoms with E-state index in [1.165, 1.54) is 22.3 Å². The number of carbonyl (C=O) groups excluding carboxylic acids is 1. The predicted molar refractivity (Wildman–Crippen MR) is 107 cm³/mol. The zero-order valence-corrected chi connectivity index (χ0v) is 15.7. The molecule has 0 bridgehead atoms. The van der Waals surface area contributed by atoms with Gasteiger partial charge in [-0.15, -0.1) is 0 Å². The lowest BCUT2D eigenvalue weighted by atomic mass is 9.79. The van der Waals surface area contributed by atoms with Gasteiger partial charge in [0.15, 0.2) is 0 Å². The van der Waals surface area contributed by atoms with E-state index in [0.717, 1.165) is 19.3 Å². The summed E-state index contributed by atoms with van der Waals surface area (Å²) in [5.74, 6) is 0.241. The second-order valence-electron chi connectivity index (χ2n) is 7.36. The van der Waals surface area contributed by atoms with Gasteiger partial charge in [0.05, 0.1) is 6.04 Å². The van der Waals surface area contributed by atoms with E-state index in [9.17, 15) is 4.79 Å². The molecule has 3 heteroatoms. The zero-order valence-electron chi connectivity index (χ0n) is 15.7. The molecule has 0 saturated carbocycles. The van der Waals surface area contributed by atoms with Crippen LogP contribution in [-0.2, 0) is 11.2 Å². The molecule has 138 valence electrons. The first-order chi connectivity index (χ1) is 13.2. The average molecular weight is 359 g/mol. The van der Waals surface area contributed by atoms with Crippen LogP contribution in [0.25, 0.3) is 0 Å². The molecule has 1 heterocycles. The van der Waals surface area contributed by atoms with E-state index in [4.69, 9.17) is 4.74 Å². The number of amides is 1. The van der Waals surface area contributed by atoms with E-state index in [1.54, 1.807) is 0 Å². The maximum atomic E-state index is 12.4. The summed E-state index contributed by atoms with van der Waals surface area (Å²) in [6.45, 7) is 2.64. The van der Waals surface area contributed by atoms with Crippen molar-refractivity contribution in [2.75, 3.05) is 6.61 Å². The Morgan fingerprint density at radius 1 is 1.07 bits per heavy atom. The quantitative estimate of drug-likeness (QED) is 0.679. The molecule has 27 heavy (non-hydrogen) atoms. The molecule has 0 spiro atoms. The van der Waals surface area contributed by atoms with Gasteiger partial charge >= 0.3 is 6.09 Å². The smallest absolute Gasteiger partial charge is 0.414 e. The molecule has 2 atom stereocenters. The zero-order chi connectivity index (χ0) is 18.6. The third kappa shape index (κ3) is 3.82. The summed E-state index contributed by atoms with van der Waals surface area (Å²) < 4.78 is 5.39. The summed E-state index contributed by atoms with van der Waals surface area (Å²) in [7, 11) is 0. The van der Waals surface area contributed by atoms with Gasteiger partial charge in [0.2, 0.25) is 0 Å². The van der Waals surface area contributed by atoms with Crippen LogP contribution in [0.5, 0.6) is 0 Å². The SMILES string of the molecule is CC1=CCC/C(=C/N2C(=O)OC[C@H]2Cc2ccccc2)[C@@H]1c1ccccc1. The molecule has 1 amide bonds. The number of cyclic esters (lactones) is 1. The molecule has 2 aliphatic rings. The Morgan fingerprint density at radius 2 is 1.78 bits per heavy atom. The van der Waals surface area contributed by atoms with Gasteiger partial charge in [0.25, 0.3) is 0 Å². The molecule has 2 aromatic rings. The number of rotatable bonds is 4. The largest absolute Gasteiger partial charge is 0.447 e. The lowest BCUT2D eigenvalue weighted by Crippen LogP contribution is -2.31. The van der Waals surface area contributed by atoms with Gasteiger partial charge in [-0.1, -0.05) is 72.3 Å². The molecule has 3 nitrogen and oxygen atoms in total. The minimum Gasteiger partial charge on any atom is -0.447 e. The average Bonchev–Trinajstić information content (AvgIpc) is 3.03. The van der Waals surface area contributed by atoms with Crippen molar-refractivity contribution in [1.29, 1.82) is 0 Å². The summed E-state index contributed by atoms with van der Waals surface area (Å²) in [5.41, 5.74) is 5.15. The summed E-state index contributed by atoms with van der Waals surface area (Å²) in [6, 6.07) is 20.9. The van der Waals surface area contributed by atoms with Crippen molar-refractivity contribution in [2.24, 2.45) is 0 Å². The van der Waals surface area contributed by atoms with Crippen molar-refractivity contribution in [3.63, 3.8) is 0 Å². The highest BCUT2D eigenvalue weighted by atomic mass is 16.6. The van der Waals surface area contributed by atoms with Crippen LogP contribution in [-0.4, -0.2) is 23.6 Å². The first-order valence-electron chi connectivity index (χ1n) is 9.63. The molecule has 0 unspecified atom stereocenters. The maximum absolute atomic E-state index is 12.4. The number of ether oxygens (including phenoxy) is 1. The molecule has 1 aliphatic carbocycles. The van der Waals surface area contributed by atoms with Crippen LogP contribution in [0.3, 0.4) is 0 Å². The maximum Gasteiger partial charge on any atom is 0.414 e. The molecule has 0 radical (unpaired) electrons. The van der Waals surface area contributed by atoms with Gasteiger partial charge in [0, 0.05) is 12.1 Å². The molecular weight excluding hydrogens is 334 g/mol. The number of hydrogen-bond donors (Lipinski definition) is 0. The number of allylic oxidation sites excluding steroid dienone is 3. The number of benzene rings is 2. The minimum absolute atomic E-state index is 0.0510. The molecule has 1 fully saturated rings. The molecular formula is C24H25NO2. The molecule has 1 saturated heterocycles. The van der Waals surface area contributed by atoms with Gasteiger partial charge in [-0.2, -0.15) is 0 Å². The highest BCUT2D eigenvalue weighted by molar-refractivity contribution is 5.71. The van der Waals surface area contributed by atoms with Crippen LogP contribution < -0.4 is 0 Å². The van der Waals surface area contributed by atoms with Crippen LogP contribution >= 0.6 is 0 Å². The lowest BCUT2D eigenvalue weighted by Gasteiger charge is -2.28. The summed E-state index contributed by atoms with van der Waals surface area (Å²) in [6.07, 6.45) is 6.95. The van der Waals surface area contributed by atoms with E-state index in [1.807, 2.05) is 29.2 Å². The Balaban J connectivity index is 1.63. The van der Waals surface area contributed by atoms with Crippen LogP contribution in [0.4, 0.5) is 4.79 Å². The predicted octanol–water partition coefficient (Wildman–Crippen LogP) is 5.46. The fourth-order valence-corrected chi connectivity index (χ4v) is 4.13. The molecule has 0 aromatic heterocycles. The Bertz CT molecular complexity index is 854. The van der Waals surface area contributed by atoms with Gasteiger partial charge in [0.1, 0.15) is 6.61 Å². The number of hydrogen-bond acceptors (Lipinski definition) is 2. The molecule has 2 aromatic carbocycles. The topological polar surface area (TPSA) is 29.5 Å². The van der Waals surface area contributed by atoms with Crippen molar-refractivity contribution < 1.29 is 9.53 Å². The third-order valence-electron chi connectivity index (χ3n) is 5.48. The Hall–Kier alpha value is -2.81. The van der Waals surface area contributed by atoms with Crippen molar-refractivity contribution in [3.05, 3.63) is 95.2 Å². The first kappa shape index (κ1) is 17.6. The van der Waals surface area contributed by atoms with E-state index in [-0.39, 0.29) is 18.1 Å². The monoisotopic (exact) mass is 359 g/mol. The lowest BCUT2D eigenvalue weighted by molar-refractivity contribution is 0.166. The van der Waals surface area contributed by atoms with Crippen LogP contribution in [0.15, 0.2) is 84.1 Å². The fourth-order valence-electron chi connectivity index (χ4n) is 4.13. The minimum atomic E-state index is -0.234. The van der Waals surface area contributed by atoms with E-state index in [0.29, 0.717) is 6.61 Å². The molecule has 4 rings (SSSR count). The van der Waals surface area contributed by atoms with E-state index >= 15 is 0 Å². The fraction of sp³-hybridized carbons (Fsp3) is 0.292. The van der Waals surface area contributed by atoms with Crippen molar-refractivity contribution >= 4 is 6.09 Å². The van der Waals surface area contributed by atoms with E-state index < -0.39 is 0 Å². The Labute approximate surface area is 161 Å². The van der Waals surface area contributed by atoms with Crippen LogP contribution in [0.1, 0.15) is 36.8 Å². The van der Waals surface area contributed by atoms with Gasteiger partial charge < -0.3 is 4.74 Å². The highest BCUT2D eigenvalue weighted by Crippen LogP contribution is 2.38. The normalized spacial score (nSPS) is 24.0. The van der Waals surface area contributed by atoms with Gasteiger partial charge in [-0.05, 0) is 42.9 Å². The van der Waals surface area contributed by atoms with Crippen molar-refractivity contribution in [1.82, 2.24) is 4.90 Å². The van der Waals surface area contributed by atoms with Crippen molar-refractivity contribution in [2.45, 2.75) is 38.1 Å². The van der Waals surface area contributed by atoms with Crippen LogP contribution in [0.2, 0.25) is 0 Å². The second kappa shape index (κ2) is 7.83. The summed E-state index contributed by atoms with van der Waals surface area (Å²) in [4.78, 5) is 14.2. The third-order valence-corrected chi connectivity index (χ3v) is 5.48. The summed E-state index contributed by atoms with van der Waals surface area (Å²) in [5, 5.41) is 0. The Kier molecular flexibility index (Phi) is 5.10. The molecule has 0 N–H and O–H groups in total. The van der Waals surface area contributed by atoms with Crippen molar-refractivity contribution in [3.8, 4) is 0 Å². The van der Waals surface area contributed by atoms with Crippen LogP contribution in [0, 0.1) is 0 Å². The summed E-state index contributed by atoms with van der Waals surface area (Å²) >= 11 is 0.